The summed E-state index contributed by atoms with van der Waals surface area (Å²) in [6, 6.07) is 6.81. The van der Waals surface area contributed by atoms with Crippen LogP contribution in [0.5, 0.6) is 0 Å². The summed E-state index contributed by atoms with van der Waals surface area (Å²) in [4.78, 5) is 0. The predicted octanol–water partition coefficient (Wildman–Crippen LogP) is 3.27. The fourth-order valence-electron chi connectivity index (χ4n) is 2.27. The van der Waals surface area contributed by atoms with Crippen molar-refractivity contribution in [3.63, 3.8) is 0 Å². The number of nitrogens with two attached hydrogens (primary N) is 1. The smallest absolute Gasteiger partial charge is 0.0181 e. The first-order valence-corrected chi connectivity index (χ1v) is 5.68. The van der Waals surface area contributed by atoms with E-state index < -0.39 is 0 Å². The maximum atomic E-state index is 5.77. The quantitative estimate of drug-likeness (QED) is 0.780. The average Bonchev–Trinajstić information content (AvgIpc) is 2.55. The molecule has 1 aromatic carbocycles. The van der Waals surface area contributed by atoms with Crippen LogP contribution in [-0.2, 0) is 0 Å². The van der Waals surface area contributed by atoms with E-state index in [0.717, 1.165) is 0 Å². The standard InChI is InChI=1S/C14H19N/c1-9(2)11-4-5-13-10(3)6-12(8-15)14(13)7-11/h4-7,9-10H,8,15H2,1-3H3. The van der Waals surface area contributed by atoms with Crippen LogP contribution in [0.15, 0.2) is 24.3 Å². The Hall–Kier alpha value is -1.08. The Labute approximate surface area is 92.0 Å². The maximum Gasteiger partial charge on any atom is 0.0181 e. The average molecular weight is 201 g/mol. The van der Waals surface area contributed by atoms with E-state index in [4.69, 9.17) is 5.73 Å². The summed E-state index contributed by atoms with van der Waals surface area (Å²) in [5.41, 5.74) is 11.3. The number of rotatable bonds is 2. The minimum Gasteiger partial charge on any atom is -0.326 e. The van der Waals surface area contributed by atoms with E-state index in [9.17, 15) is 0 Å². The van der Waals surface area contributed by atoms with Gasteiger partial charge < -0.3 is 5.73 Å². The van der Waals surface area contributed by atoms with E-state index in [-0.39, 0.29) is 0 Å². The van der Waals surface area contributed by atoms with Gasteiger partial charge in [-0.1, -0.05) is 45.0 Å². The van der Waals surface area contributed by atoms with Crippen molar-refractivity contribution >= 4 is 5.57 Å². The summed E-state index contributed by atoms with van der Waals surface area (Å²) in [6.45, 7) is 7.34. The van der Waals surface area contributed by atoms with Crippen molar-refractivity contribution in [1.82, 2.24) is 0 Å². The molecule has 0 radical (unpaired) electrons. The Morgan fingerprint density at radius 3 is 2.67 bits per heavy atom. The third-order valence-corrected chi connectivity index (χ3v) is 3.25. The minimum absolute atomic E-state index is 0.528. The van der Waals surface area contributed by atoms with Gasteiger partial charge in [-0.3, -0.25) is 0 Å². The molecule has 2 N–H and O–H groups in total. The second-order valence-electron chi connectivity index (χ2n) is 4.69. The summed E-state index contributed by atoms with van der Waals surface area (Å²) in [5, 5.41) is 0. The lowest BCUT2D eigenvalue weighted by molar-refractivity contribution is 0.862. The van der Waals surface area contributed by atoms with Gasteiger partial charge >= 0.3 is 0 Å². The Morgan fingerprint density at radius 2 is 2.07 bits per heavy atom. The second kappa shape index (κ2) is 3.82. The summed E-state index contributed by atoms with van der Waals surface area (Å²) in [7, 11) is 0. The molecule has 2 rings (SSSR count). The van der Waals surface area contributed by atoms with Crippen molar-refractivity contribution in [2.45, 2.75) is 32.6 Å². The van der Waals surface area contributed by atoms with Crippen LogP contribution < -0.4 is 5.73 Å². The summed E-state index contributed by atoms with van der Waals surface area (Å²) in [5.74, 6) is 1.12. The second-order valence-corrected chi connectivity index (χ2v) is 4.69. The predicted molar refractivity (Wildman–Crippen MR) is 66.0 cm³/mol. The Kier molecular flexibility index (Phi) is 2.66. The summed E-state index contributed by atoms with van der Waals surface area (Å²) >= 11 is 0. The maximum absolute atomic E-state index is 5.77. The van der Waals surface area contributed by atoms with Gasteiger partial charge in [0.05, 0.1) is 0 Å². The van der Waals surface area contributed by atoms with E-state index in [0.29, 0.717) is 18.4 Å². The third-order valence-electron chi connectivity index (χ3n) is 3.25. The van der Waals surface area contributed by atoms with E-state index >= 15 is 0 Å². The van der Waals surface area contributed by atoms with Crippen LogP contribution in [-0.4, -0.2) is 6.54 Å². The number of benzene rings is 1. The lowest BCUT2D eigenvalue weighted by Gasteiger charge is -2.11. The zero-order valence-corrected chi connectivity index (χ0v) is 9.75. The molecule has 0 aromatic heterocycles. The molecular weight excluding hydrogens is 182 g/mol. The zero-order valence-electron chi connectivity index (χ0n) is 9.75. The van der Waals surface area contributed by atoms with Crippen molar-refractivity contribution in [2.75, 3.05) is 6.54 Å². The number of hydrogen-bond acceptors (Lipinski definition) is 1. The molecule has 1 nitrogen and oxygen atoms in total. The van der Waals surface area contributed by atoms with Gasteiger partial charge in [-0.25, -0.2) is 0 Å². The van der Waals surface area contributed by atoms with E-state index in [2.05, 4.69) is 45.0 Å². The SMILES string of the molecule is CC(C)c1ccc2c(c1)C(CN)=CC2C. The highest BCUT2D eigenvalue weighted by molar-refractivity contribution is 5.76. The van der Waals surface area contributed by atoms with Crippen molar-refractivity contribution in [2.24, 2.45) is 5.73 Å². The molecule has 1 heteroatoms. The van der Waals surface area contributed by atoms with Crippen molar-refractivity contribution in [3.05, 3.63) is 41.0 Å². The number of hydrogen-bond donors (Lipinski definition) is 1. The van der Waals surface area contributed by atoms with Gasteiger partial charge in [0, 0.05) is 12.5 Å². The molecule has 1 aromatic rings. The third kappa shape index (κ3) is 1.72. The molecule has 0 spiro atoms. The normalized spacial score (nSPS) is 19.3. The van der Waals surface area contributed by atoms with Gasteiger partial charge in [-0.05, 0) is 28.2 Å². The summed E-state index contributed by atoms with van der Waals surface area (Å²) < 4.78 is 0. The topological polar surface area (TPSA) is 26.0 Å². The van der Waals surface area contributed by atoms with Crippen LogP contribution in [0.25, 0.3) is 5.57 Å². The van der Waals surface area contributed by atoms with Crippen molar-refractivity contribution in [1.29, 1.82) is 0 Å². The Bertz CT molecular complexity index is 402. The molecule has 0 fully saturated rings. The highest BCUT2D eigenvalue weighted by atomic mass is 14.5. The lowest BCUT2D eigenvalue weighted by Crippen LogP contribution is -2.01. The largest absolute Gasteiger partial charge is 0.326 e. The van der Waals surface area contributed by atoms with Crippen LogP contribution in [0.2, 0.25) is 0 Å². The first kappa shape index (κ1) is 10.4. The van der Waals surface area contributed by atoms with Crippen LogP contribution in [0.3, 0.4) is 0 Å². The van der Waals surface area contributed by atoms with Crippen LogP contribution in [0.1, 0.15) is 49.3 Å². The molecule has 0 aliphatic heterocycles. The van der Waals surface area contributed by atoms with E-state index in [1.165, 1.54) is 22.3 Å². The molecule has 0 amide bonds. The van der Waals surface area contributed by atoms with Crippen molar-refractivity contribution in [3.8, 4) is 0 Å². The van der Waals surface area contributed by atoms with Gasteiger partial charge in [0.1, 0.15) is 0 Å². The van der Waals surface area contributed by atoms with Gasteiger partial charge in [-0.2, -0.15) is 0 Å². The molecule has 80 valence electrons. The molecule has 0 bridgehead atoms. The van der Waals surface area contributed by atoms with E-state index in [1.54, 1.807) is 0 Å². The lowest BCUT2D eigenvalue weighted by atomic mass is 9.94. The number of allylic oxidation sites excluding steroid dienone is 1. The Morgan fingerprint density at radius 1 is 1.33 bits per heavy atom. The van der Waals surface area contributed by atoms with Crippen molar-refractivity contribution < 1.29 is 0 Å². The van der Waals surface area contributed by atoms with Gasteiger partial charge in [0.2, 0.25) is 0 Å². The monoisotopic (exact) mass is 201 g/mol. The fourth-order valence-corrected chi connectivity index (χ4v) is 2.27. The molecule has 1 atom stereocenters. The molecule has 15 heavy (non-hydrogen) atoms. The molecule has 1 aliphatic rings. The van der Waals surface area contributed by atoms with Gasteiger partial charge in [0.25, 0.3) is 0 Å². The molecule has 1 aliphatic carbocycles. The number of fused-ring (bicyclic) bond motifs is 1. The molecule has 1 unspecified atom stereocenters. The fraction of sp³-hybridized carbons (Fsp3) is 0.429. The minimum atomic E-state index is 0.528. The molecule has 0 saturated carbocycles. The first-order valence-electron chi connectivity index (χ1n) is 5.68. The summed E-state index contributed by atoms with van der Waals surface area (Å²) in [6.07, 6.45) is 2.29. The molecule has 0 heterocycles. The highest BCUT2D eigenvalue weighted by Crippen LogP contribution is 2.36. The molecule has 0 saturated heterocycles. The molecular formula is C14H19N. The van der Waals surface area contributed by atoms with Gasteiger partial charge in [-0.15, -0.1) is 0 Å². The van der Waals surface area contributed by atoms with Crippen LogP contribution >= 0.6 is 0 Å². The van der Waals surface area contributed by atoms with E-state index in [1.807, 2.05) is 0 Å². The van der Waals surface area contributed by atoms with Crippen LogP contribution in [0.4, 0.5) is 0 Å². The van der Waals surface area contributed by atoms with Gasteiger partial charge in [0.15, 0.2) is 0 Å². The van der Waals surface area contributed by atoms with Crippen LogP contribution in [0, 0.1) is 0 Å². The Balaban J connectivity index is 2.48. The highest BCUT2D eigenvalue weighted by Gasteiger charge is 2.19. The first-order chi connectivity index (χ1) is 7.13. The zero-order chi connectivity index (χ0) is 11.0.